The summed E-state index contributed by atoms with van der Waals surface area (Å²) in [6.07, 6.45) is 3.70. The lowest BCUT2D eigenvalue weighted by Crippen LogP contribution is -2.27. The van der Waals surface area contributed by atoms with Crippen LogP contribution in [0.3, 0.4) is 0 Å². The number of carbonyl (C=O) groups excluding carboxylic acids is 1. The predicted molar refractivity (Wildman–Crippen MR) is 95.1 cm³/mol. The molecule has 0 bridgehead atoms. The van der Waals surface area contributed by atoms with Crippen molar-refractivity contribution in [2.75, 3.05) is 13.2 Å². The molecule has 3 aromatic rings. The Morgan fingerprint density at radius 1 is 1.35 bits per heavy atom. The minimum absolute atomic E-state index is 0.0193. The highest BCUT2D eigenvalue weighted by Crippen LogP contribution is 2.22. The van der Waals surface area contributed by atoms with Crippen molar-refractivity contribution in [1.82, 2.24) is 15.0 Å². The number of hydrogen-bond acceptors (Lipinski definition) is 4. The number of carbonyl (C=O) groups is 1. The first kappa shape index (κ1) is 18.0. The molecule has 1 amide bonds. The van der Waals surface area contributed by atoms with Crippen molar-refractivity contribution in [3.63, 3.8) is 0 Å². The maximum absolute atomic E-state index is 14.3. The fourth-order valence-electron chi connectivity index (χ4n) is 2.71. The van der Waals surface area contributed by atoms with Gasteiger partial charge < -0.3 is 9.67 Å². The average Bonchev–Trinajstić information content (AvgIpc) is 3.00. The normalized spacial score (nSPS) is 11.0. The van der Waals surface area contributed by atoms with Gasteiger partial charge in [-0.3, -0.25) is 14.6 Å². The molecule has 0 saturated heterocycles. The fourth-order valence-corrected chi connectivity index (χ4v) is 2.71. The van der Waals surface area contributed by atoms with E-state index < -0.39 is 5.91 Å². The number of benzene rings is 1. The van der Waals surface area contributed by atoms with Crippen LogP contribution < -0.4 is 5.48 Å². The number of rotatable bonds is 7. The molecule has 0 radical (unpaired) electrons. The van der Waals surface area contributed by atoms with E-state index >= 15 is 0 Å². The van der Waals surface area contributed by atoms with Gasteiger partial charge in [-0.05, 0) is 37.1 Å². The van der Waals surface area contributed by atoms with Gasteiger partial charge in [-0.1, -0.05) is 12.1 Å². The summed E-state index contributed by atoms with van der Waals surface area (Å²) in [6, 6.07) is 8.53. The molecule has 2 heterocycles. The summed E-state index contributed by atoms with van der Waals surface area (Å²) in [6.45, 7) is 2.20. The SMILES string of the molecule is Cc1ccc(Cn2c(C(=O)NOCCCO)cc3ccncc32)c(F)c1. The first-order chi connectivity index (χ1) is 12.6. The van der Waals surface area contributed by atoms with E-state index in [0.29, 0.717) is 17.7 Å². The number of nitrogens with one attached hydrogen (secondary N) is 1. The van der Waals surface area contributed by atoms with Gasteiger partial charge in [-0.2, -0.15) is 0 Å². The lowest BCUT2D eigenvalue weighted by molar-refractivity contribution is 0.0255. The maximum atomic E-state index is 14.3. The second-order valence-corrected chi connectivity index (χ2v) is 6.00. The average molecular weight is 357 g/mol. The maximum Gasteiger partial charge on any atom is 0.291 e. The number of hydroxylamine groups is 1. The van der Waals surface area contributed by atoms with Crippen LogP contribution >= 0.6 is 0 Å². The van der Waals surface area contributed by atoms with Crippen LogP contribution in [0.5, 0.6) is 0 Å². The van der Waals surface area contributed by atoms with E-state index in [4.69, 9.17) is 9.94 Å². The number of aliphatic hydroxyl groups is 1. The zero-order chi connectivity index (χ0) is 18.5. The third kappa shape index (κ3) is 3.89. The van der Waals surface area contributed by atoms with Crippen molar-refractivity contribution < 1.29 is 19.1 Å². The first-order valence-corrected chi connectivity index (χ1v) is 8.31. The number of fused-ring (bicyclic) bond motifs is 1. The summed E-state index contributed by atoms with van der Waals surface area (Å²) in [5.74, 6) is -0.757. The van der Waals surface area contributed by atoms with Gasteiger partial charge in [0.1, 0.15) is 11.5 Å². The summed E-state index contributed by atoms with van der Waals surface area (Å²) in [5, 5.41) is 9.59. The Morgan fingerprint density at radius 2 is 2.19 bits per heavy atom. The molecule has 0 fully saturated rings. The molecule has 0 aliphatic rings. The van der Waals surface area contributed by atoms with Gasteiger partial charge in [-0.25, -0.2) is 9.87 Å². The van der Waals surface area contributed by atoms with Crippen LogP contribution in [0.15, 0.2) is 42.7 Å². The number of pyridine rings is 1. The number of aryl methyl sites for hydroxylation is 1. The van der Waals surface area contributed by atoms with E-state index in [0.717, 1.165) is 16.5 Å². The second kappa shape index (κ2) is 8.07. The quantitative estimate of drug-likeness (QED) is 0.503. The first-order valence-electron chi connectivity index (χ1n) is 8.31. The van der Waals surface area contributed by atoms with Gasteiger partial charge in [0.05, 0.1) is 24.9 Å². The smallest absolute Gasteiger partial charge is 0.291 e. The Hall–Kier alpha value is -2.77. The Bertz CT molecular complexity index is 924. The van der Waals surface area contributed by atoms with Crippen molar-refractivity contribution in [3.8, 4) is 0 Å². The molecule has 1 aromatic carbocycles. The number of halogens is 1. The summed E-state index contributed by atoms with van der Waals surface area (Å²) < 4.78 is 16.0. The van der Waals surface area contributed by atoms with Crippen LogP contribution in [0.25, 0.3) is 10.9 Å². The van der Waals surface area contributed by atoms with E-state index in [1.54, 1.807) is 35.2 Å². The fraction of sp³-hybridized carbons (Fsp3) is 0.263. The van der Waals surface area contributed by atoms with Crippen LogP contribution in [-0.4, -0.2) is 33.8 Å². The Balaban J connectivity index is 1.93. The third-order valence-electron chi connectivity index (χ3n) is 4.05. The van der Waals surface area contributed by atoms with Gasteiger partial charge in [0.2, 0.25) is 0 Å². The molecule has 3 rings (SSSR count). The highest BCUT2D eigenvalue weighted by Gasteiger charge is 2.17. The molecule has 7 heteroatoms. The van der Waals surface area contributed by atoms with E-state index in [1.165, 1.54) is 6.07 Å². The van der Waals surface area contributed by atoms with Crippen LogP contribution in [0, 0.1) is 12.7 Å². The zero-order valence-electron chi connectivity index (χ0n) is 14.4. The summed E-state index contributed by atoms with van der Waals surface area (Å²) in [7, 11) is 0. The van der Waals surface area contributed by atoms with Crippen molar-refractivity contribution in [1.29, 1.82) is 0 Å². The largest absolute Gasteiger partial charge is 0.396 e. The third-order valence-corrected chi connectivity index (χ3v) is 4.05. The van der Waals surface area contributed by atoms with Crippen molar-refractivity contribution in [3.05, 3.63) is 65.4 Å². The number of hydrogen-bond donors (Lipinski definition) is 2. The molecule has 0 atom stereocenters. The minimum atomic E-state index is -0.438. The Labute approximate surface area is 150 Å². The molecule has 0 aliphatic heterocycles. The standard InChI is InChI=1S/C19H20FN3O3/c1-13-3-4-15(16(20)9-13)12-23-17(19(25)22-26-8-2-7-24)10-14-5-6-21-11-18(14)23/h3-6,9-11,24H,2,7-8,12H2,1H3,(H,22,25). The Morgan fingerprint density at radius 3 is 2.96 bits per heavy atom. The van der Waals surface area contributed by atoms with Gasteiger partial charge in [0, 0.05) is 23.8 Å². The number of nitrogens with zero attached hydrogens (tertiary/aromatic N) is 2. The minimum Gasteiger partial charge on any atom is -0.396 e. The molecule has 0 unspecified atom stereocenters. The van der Waals surface area contributed by atoms with Crippen LogP contribution in [0.4, 0.5) is 4.39 Å². The number of aliphatic hydroxyl groups excluding tert-OH is 1. The number of aromatic nitrogens is 2. The molecule has 0 spiro atoms. The van der Waals surface area contributed by atoms with E-state index in [9.17, 15) is 9.18 Å². The molecule has 6 nitrogen and oxygen atoms in total. The molecule has 0 saturated carbocycles. The van der Waals surface area contributed by atoms with E-state index in [1.807, 2.05) is 13.0 Å². The summed E-state index contributed by atoms with van der Waals surface area (Å²) in [5.41, 5.74) is 4.75. The van der Waals surface area contributed by atoms with Crippen LogP contribution in [-0.2, 0) is 11.4 Å². The Kier molecular flexibility index (Phi) is 5.60. The molecule has 136 valence electrons. The van der Waals surface area contributed by atoms with Crippen LogP contribution in [0.2, 0.25) is 0 Å². The molecule has 26 heavy (non-hydrogen) atoms. The predicted octanol–water partition coefficient (Wildman–Crippen LogP) is 2.58. The van der Waals surface area contributed by atoms with Crippen LogP contribution in [0.1, 0.15) is 28.0 Å². The van der Waals surface area contributed by atoms with Gasteiger partial charge in [0.25, 0.3) is 5.91 Å². The van der Waals surface area contributed by atoms with Gasteiger partial charge >= 0.3 is 0 Å². The van der Waals surface area contributed by atoms with Crippen molar-refractivity contribution in [2.24, 2.45) is 0 Å². The molecular formula is C19H20FN3O3. The zero-order valence-corrected chi connectivity index (χ0v) is 14.4. The highest BCUT2D eigenvalue weighted by atomic mass is 19.1. The monoisotopic (exact) mass is 357 g/mol. The number of amides is 1. The highest BCUT2D eigenvalue weighted by molar-refractivity contribution is 5.98. The summed E-state index contributed by atoms with van der Waals surface area (Å²) in [4.78, 5) is 21.7. The van der Waals surface area contributed by atoms with Crippen molar-refractivity contribution >= 4 is 16.8 Å². The van der Waals surface area contributed by atoms with Crippen molar-refractivity contribution in [2.45, 2.75) is 19.9 Å². The molecule has 0 aliphatic carbocycles. The van der Waals surface area contributed by atoms with Gasteiger partial charge in [-0.15, -0.1) is 0 Å². The lowest BCUT2D eigenvalue weighted by atomic mass is 10.1. The summed E-state index contributed by atoms with van der Waals surface area (Å²) >= 11 is 0. The molecule has 2 N–H and O–H groups in total. The molecule has 2 aromatic heterocycles. The van der Waals surface area contributed by atoms with E-state index in [2.05, 4.69) is 10.5 Å². The lowest BCUT2D eigenvalue weighted by Gasteiger charge is -2.12. The molecular weight excluding hydrogens is 337 g/mol. The van der Waals surface area contributed by atoms with E-state index in [-0.39, 0.29) is 25.6 Å². The topological polar surface area (TPSA) is 76.4 Å². The van der Waals surface area contributed by atoms with Gasteiger partial charge in [0.15, 0.2) is 0 Å². The second-order valence-electron chi connectivity index (χ2n) is 6.00.